The summed E-state index contributed by atoms with van der Waals surface area (Å²) < 4.78 is 11.0. The van der Waals surface area contributed by atoms with E-state index >= 15 is 0 Å². The number of carbonyl (C=O) groups is 3. The Hall–Kier alpha value is -3.39. The van der Waals surface area contributed by atoms with Crippen molar-refractivity contribution in [2.45, 2.75) is 56.8 Å². The second-order valence-corrected chi connectivity index (χ2v) is 9.01. The van der Waals surface area contributed by atoms with E-state index in [4.69, 9.17) is 14.6 Å². The molecular formula is C26H30N2O6. The van der Waals surface area contributed by atoms with E-state index in [1.165, 1.54) is 0 Å². The zero-order valence-corrected chi connectivity index (χ0v) is 19.4. The molecule has 0 spiro atoms. The van der Waals surface area contributed by atoms with E-state index in [-0.39, 0.29) is 31.1 Å². The van der Waals surface area contributed by atoms with Gasteiger partial charge in [-0.1, -0.05) is 55.5 Å². The molecule has 8 heteroatoms. The number of hydrogen-bond donors (Lipinski definition) is 3. The van der Waals surface area contributed by atoms with Gasteiger partial charge in [0.05, 0.1) is 6.10 Å². The molecule has 0 aromatic heterocycles. The monoisotopic (exact) mass is 466 g/mol. The molecule has 2 amide bonds. The van der Waals surface area contributed by atoms with Gasteiger partial charge in [0.25, 0.3) is 0 Å². The molecule has 1 aliphatic carbocycles. The Morgan fingerprint density at radius 1 is 1.06 bits per heavy atom. The Morgan fingerprint density at radius 2 is 1.68 bits per heavy atom. The number of fused-ring (bicyclic) bond motifs is 3. The lowest BCUT2D eigenvalue weighted by Gasteiger charge is -2.28. The molecule has 180 valence electrons. The lowest BCUT2D eigenvalue weighted by molar-refractivity contribution is -0.149. The molecule has 2 aromatic rings. The zero-order chi connectivity index (χ0) is 24.3. The first-order valence-electron chi connectivity index (χ1n) is 11.6. The average Bonchev–Trinajstić information content (AvgIpc) is 3.44. The third kappa shape index (κ3) is 4.77. The molecule has 0 bridgehead atoms. The summed E-state index contributed by atoms with van der Waals surface area (Å²) in [6.45, 7) is 3.79. The second-order valence-electron chi connectivity index (χ2n) is 9.01. The molecule has 1 fully saturated rings. The van der Waals surface area contributed by atoms with Crippen LogP contribution in [0.4, 0.5) is 4.79 Å². The first-order valence-corrected chi connectivity index (χ1v) is 11.6. The number of hydrogen-bond acceptors (Lipinski definition) is 5. The van der Waals surface area contributed by atoms with Gasteiger partial charge in [0, 0.05) is 12.5 Å². The van der Waals surface area contributed by atoms with Crippen LogP contribution in [0, 0.1) is 0 Å². The predicted molar refractivity (Wildman–Crippen MR) is 125 cm³/mol. The van der Waals surface area contributed by atoms with Crippen molar-refractivity contribution in [3.8, 4) is 11.1 Å². The molecule has 8 nitrogen and oxygen atoms in total. The van der Waals surface area contributed by atoms with Crippen molar-refractivity contribution in [3.63, 3.8) is 0 Å². The number of carbonyl (C=O) groups excluding carboxylic acids is 2. The van der Waals surface area contributed by atoms with Gasteiger partial charge in [-0.2, -0.15) is 0 Å². The first kappa shape index (κ1) is 23.8. The number of rotatable bonds is 8. The molecule has 3 unspecified atom stereocenters. The van der Waals surface area contributed by atoms with Crippen LogP contribution >= 0.6 is 0 Å². The Morgan fingerprint density at radius 3 is 2.24 bits per heavy atom. The number of amides is 2. The highest BCUT2D eigenvalue weighted by Crippen LogP contribution is 2.44. The molecule has 0 radical (unpaired) electrons. The van der Waals surface area contributed by atoms with Gasteiger partial charge < -0.3 is 25.2 Å². The van der Waals surface area contributed by atoms with E-state index in [0.29, 0.717) is 19.3 Å². The maximum atomic E-state index is 12.8. The fourth-order valence-corrected chi connectivity index (χ4v) is 4.60. The van der Waals surface area contributed by atoms with E-state index in [0.717, 1.165) is 22.3 Å². The first-order chi connectivity index (χ1) is 16.3. The van der Waals surface area contributed by atoms with Gasteiger partial charge in [-0.05, 0) is 48.4 Å². The van der Waals surface area contributed by atoms with Crippen LogP contribution < -0.4 is 10.6 Å². The van der Waals surface area contributed by atoms with Gasteiger partial charge in [-0.3, -0.25) is 4.79 Å². The molecule has 1 aliphatic heterocycles. The van der Waals surface area contributed by atoms with Crippen molar-refractivity contribution in [2.24, 2.45) is 0 Å². The van der Waals surface area contributed by atoms with Gasteiger partial charge >= 0.3 is 12.1 Å². The third-order valence-electron chi connectivity index (χ3n) is 6.80. The number of benzene rings is 2. The van der Waals surface area contributed by atoms with Crippen molar-refractivity contribution in [1.82, 2.24) is 10.6 Å². The standard InChI is InChI=1S/C26H30N2O6/c1-3-26(2,24(31)27-14-16-12-13-22(34-16)23(29)30)28-25(32)33-15-21-19-10-6-4-8-17(19)18-9-5-7-11-20(18)21/h4-11,16,21-22H,3,12-15H2,1-2H3,(H,27,31)(H,28,32)(H,29,30). The minimum Gasteiger partial charge on any atom is -0.479 e. The normalized spacial score (nSPS) is 20.6. The van der Waals surface area contributed by atoms with Gasteiger partial charge in [-0.15, -0.1) is 0 Å². The third-order valence-corrected chi connectivity index (χ3v) is 6.80. The van der Waals surface area contributed by atoms with Crippen LogP contribution in [0.5, 0.6) is 0 Å². The van der Waals surface area contributed by atoms with Crippen LogP contribution in [0.25, 0.3) is 11.1 Å². The maximum absolute atomic E-state index is 12.8. The number of aliphatic carboxylic acids is 1. The highest BCUT2D eigenvalue weighted by atomic mass is 16.5. The summed E-state index contributed by atoms with van der Waals surface area (Å²) >= 11 is 0. The van der Waals surface area contributed by atoms with Crippen molar-refractivity contribution >= 4 is 18.0 Å². The van der Waals surface area contributed by atoms with Crippen LogP contribution in [0.1, 0.15) is 50.2 Å². The number of nitrogens with one attached hydrogen (secondary N) is 2. The largest absolute Gasteiger partial charge is 0.479 e. The Kier molecular flexibility index (Phi) is 6.88. The molecule has 4 rings (SSSR count). The second kappa shape index (κ2) is 9.85. The van der Waals surface area contributed by atoms with Crippen LogP contribution in [0.15, 0.2) is 48.5 Å². The van der Waals surface area contributed by atoms with Crippen molar-refractivity contribution < 1.29 is 29.0 Å². The zero-order valence-electron chi connectivity index (χ0n) is 19.4. The smallest absolute Gasteiger partial charge is 0.408 e. The topological polar surface area (TPSA) is 114 Å². The van der Waals surface area contributed by atoms with Crippen LogP contribution in [0.3, 0.4) is 0 Å². The van der Waals surface area contributed by atoms with Crippen molar-refractivity contribution in [1.29, 1.82) is 0 Å². The highest BCUT2D eigenvalue weighted by molar-refractivity contribution is 5.89. The summed E-state index contributed by atoms with van der Waals surface area (Å²) in [5.74, 6) is -1.43. The maximum Gasteiger partial charge on any atom is 0.408 e. The molecule has 1 heterocycles. The van der Waals surface area contributed by atoms with E-state index in [1.54, 1.807) is 13.8 Å². The molecule has 3 atom stereocenters. The molecule has 2 aliphatic rings. The lowest BCUT2D eigenvalue weighted by Crippen LogP contribution is -2.57. The summed E-state index contributed by atoms with van der Waals surface area (Å²) in [5.41, 5.74) is 3.34. The molecule has 0 saturated carbocycles. The molecule has 34 heavy (non-hydrogen) atoms. The highest BCUT2D eigenvalue weighted by Gasteiger charge is 2.36. The number of ether oxygens (including phenoxy) is 2. The van der Waals surface area contributed by atoms with Crippen LogP contribution in [0.2, 0.25) is 0 Å². The average molecular weight is 467 g/mol. The summed E-state index contributed by atoms with van der Waals surface area (Å²) in [5, 5.41) is 14.5. The minimum atomic E-state index is -1.17. The minimum absolute atomic E-state index is 0.0680. The van der Waals surface area contributed by atoms with Crippen LogP contribution in [-0.2, 0) is 19.1 Å². The quantitative estimate of drug-likeness (QED) is 0.549. The van der Waals surface area contributed by atoms with Crippen molar-refractivity contribution in [2.75, 3.05) is 13.2 Å². The molecule has 1 saturated heterocycles. The molecule has 2 aromatic carbocycles. The van der Waals surface area contributed by atoms with E-state index in [2.05, 4.69) is 22.8 Å². The summed E-state index contributed by atoms with van der Waals surface area (Å²) in [6, 6.07) is 16.2. The molecular weight excluding hydrogens is 436 g/mol. The summed E-state index contributed by atoms with van der Waals surface area (Å²) in [4.78, 5) is 36.5. The van der Waals surface area contributed by atoms with Gasteiger partial charge in [0.2, 0.25) is 5.91 Å². The number of carboxylic acids is 1. The lowest BCUT2D eigenvalue weighted by atomic mass is 9.97. The fraction of sp³-hybridized carbons (Fsp3) is 0.423. The van der Waals surface area contributed by atoms with E-state index in [1.807, 2.05) is 36.4 Å². The van der Waals surface area contributed by atoms with E-state index < -0.39 is 23.7 Å². The summed E-state index contributed by atoms with van der Waals surface area (Å²) in [7, 11) is 0. The Balaban J connectivity index is 1.33. The fourth-order valence-electron chi connectivity index (χ4n) is 4.60. The Bertz CT molecular complexity index is 1040. The van der Waals surface area contributed by atoms with E-state index in [9.17, 15) is 14.4 Å². The Labute approximate surface area is 198 Å². The SMILES string of the molecule is CCC(C)(NC(=O)OCC1c2ccccc2-c2ccccc21)C(=O)NCC1CCC(C(=O)O)O1. The van der Waals surface area contributed by atoms with Crippen molar-refractivity contribution in [3.05, 3.63) is 59.7 Å². The van der Waals surface area contributed by atoms with Crippen LogP contribution in [-0.4, -0.2) is 54.0 Å². The predicted octanol–water partition coefficient (Wildman–Crippen LogP) is 3.44. The number of carboxylic acid groups (broad SMARTS) is 1. The van der Waals surface area contributed by atoms with Gasteiger partial charge in [0.1, 0.15) is 12.1 Å². The number of alkyl carbamates (subject to hydrolysis) is 1. The summed E-state index contributed by atoms with van der Waals surface area (Å²) in [6.07, 6.45) is -0.533. The molecule has 3 N–H and O–H groups in total. The van der Waals surface area contributed by atoms with Gasteiger partial charge in [0.15, 0.2) is 6.10 Å². The van der Waals surface area contributed by atoms with Gasteiger partial charge in [-0.25, -0.2) is 9.59 Å².